The van der Waals surface area contributed by atoms with Gasteiger partial charge in [0.1, 0.15) is 5.57 Å². The van der Waals surface area contributed by atoms with Crippen molar-refractivity contribution < 1.29 is 9.59 Å². The molecular weight excluding hydrogens is 384 g/mol. The number of para-hydroxylation sites is 2. The average Bonchev–Trinajstić information content (AvgIpc) is 3.05. The molecule has 0 atom stereocenters. The lowest BCUT2D eigenvalue weighted by molar-refractivity contribution is -0.120. The molecule has 1 saturated heterocycles. The Balaban J connectivity index is 1.88. The van der Waals surface area contributed by atoms with Crippen molar-refractivity contribution in [1.82, 2.24) is 9.78 Å². The first-order valence-corrected chi connectivity index (χ1v) is 9.43. The topological polar surface area (TPSA) is 58.4 Å². The number of nitrogens with zero attached hydrogens (tertiary/aromatic N) is 4. The Labute approximate surface area is 173 Å². The van der Waals surface area contributed by atoms with Crippen molar-refractivity contribution in [2.45, 2.75) is 6.92 Å². The molecular formula is C22H18N4O2S. The smallest absolute Gasteiger partial charge is 0.270 e. The third-order valence-corrected chi connectivity index (χ3v) is 5.22. The number of benzene rings is 2. The zero-order valence-electron chi connectivity index (χ0n) is 15.9. The summed E-state index contributed by atoms with van der Waals surface area (Å²) < 4.78 is 1.69. The highest BCUT2D eigenvalue weighted by molar-refractivity contribution is 7.81. The molecule has 0 aliphatic carbocycles. The number of rotatable bonds is 3. The first kappa shape index (κ1) is 18.8. The number of carbonyl (C=O) groups is 2. The minimum atomic E-state index is -0.457. The second kappa shape index (κ2) is 7.44. The fraction of sp³-hybridized carbons (Fsp3) is 0.0909. The summed E-state index contributed by atoms with van der Waals surface area (Å²) in [5, 5.41) is 4.32. The zero-order chi connectivity index (χ0) is 20.5. The Morgan fingerprint density at radius 2 is 1.34 bits per heavy atom. The van der Waals surface area contributed by atoms with Gasteiger partial charge in [-0.15, -0.1) is 0 Å². The maximum Gasteiger partial charge on any atom is 0.270 e. The normalized spacial score (nSPS) is 14.6. The third kappa shape index (κ3) is 3.25. The van der Waals surface area contributed by atoms with Gasteiger partial charge in [0, 0.05) is 18.3 Å². The van der Waals surface area contributed by atoms with E-state index < -0.39 is 11.8 Å². The van der Waals surface area contributed by atoms with Gasteiger partial charge in [0.15, 0.2) is 5.11 Å². The van der Waals surface area contributed by atoms with E-state index in [9.17, 15) is 9.59 Å². The standard InChI is InChI=1S/C22H18N4O2S/c1-15-16(14-23-24(15)2)13-19-20(27)25(17-9-5-3-6-10-17)22(29)26(21(19)28)18-11-7-4-8-12-18/h3-14H,1-2H3. The predicted molar refractivity (Wildman–Crippen MR) is 116 cm³/mol. The van der Waals surface area contributed by atoms with Crippen molar-refractivity contribution in [3.05, 3.63) is 83.7 Å². The second-order valence-corrected chi connectivity index (χ2v) is 6.97. The van der Waals surface area contributed by atoms with Crippen LogP contribution in [0, 0.1) is 6.92 Å². The van der Waals surface area contributed by atoms with Crippen molar-refractivity contribution in [3.8, 4) is 0 Å². The summed E-state index contributed by atoms with van der Waals surface area (Å²) in [6, 6.07) is 18.2. The minimum absolute atomic E-state index is 0.0300. The van der Waals surface area contributed by atoms with Crippen molar-refractivity contribution in [2.24, 2.45) is 7.05 Å². The number of aromatic nitrogens is 2. The van der Waals surface area contributed by atoms with Crippen LogP contribution in [0.5, 0.6) is 0 Å². The molecule has 1 fully saturated rings. The van der Waals surface area contributed by atoms with Crippen molar-refractivity contribution in [2.75, 3.05) is 9.80 Å². The Hall–Kier alpha value is -3.58. The van der Waals surface area contributed by atoms with E-state index in [0.717, 1.165) is 5.69 Å². The van der Waals surface area contributed by atoms with Crippen LogP contribution in [0.3, 0.4) is 0 Å². The summed E-state index contributed by atoms with van der Waals surface area (Å²) in [6.45, 7) is 1.88. The van der Waals surface area contributed by atoms with Gasteiger partial charge in [-0.1, -0.05) is 36.4 Å². The minimum Gasteiger partial charge on any atom is -0.272 e. The zero-order valence-corrected chi connectivity index (χ0v) is 16.8. The summed E-state index contributed by atoms with van der Waals surface area (Å²) in [5.74, 6) is -0.914. The molecule has 0 N–H and O–H groups in total. The highest BCUT2D eigenvalue weighted by atomic mass is 32.1. The summed E-state index contributed by atoms with van der Waals surface area (Å²) in [5.41, 5.74) is 2.79. The third-order valence-electron chi connectivity index (χ3n) is 4.85. The lowest BCUT2D eigenvalue weighted by Gasteiger charge is -2.36. The second-order valence-electron chi connectivity index (χ2n) is 6.60. The first-order valence-electron chi connectivity index (χ1n) is 9.02. The molecule has 6 nitrogen and oxygen atoms in total. The molecule has 0 radical (unpaired) electrons. The molecule has 2 amide bonds. The molecule has 29 heavy (non-hydrogen) atoms. The van der Waals surface area contributed by atoms with Gasteiger partial charge >= 0.3 is 0 Å². The van der Waals surface area contributed by atoms with Gasteiger partial charge in [-0.3, -0.25) is 24.1 Å². The maximum atomic E-state index is 13.3. The largest absolute Gasteiger partial charge is 0.272 e. The summed E-state index contributed by atoms with van der Waals surface area (Å²) in [4.78, 5) is 29.5. The summed E-state index contributed by atoms with van der Waals surface area (Å²) >= 11 is 5.58. The molecule has 1 aliphatic heterocycles. The van der Waals surface area contributed by atoms with Crippen LogP contribution in [0.4, 0.5) is 11.4 Å². The molecule has 144 valence electrons. The number of amides is 2. The molecule has 1 aromatic heterocycles. The van der Waals surface area contributed by atoms with E-state index in [2.05, 4.69) is 5.10 Å². The molecule has 2 aromatic carbocycles. The van der Waals surface area contributed by atoms with Crippen LogP contribution in [0.1, 0.15) is 11.3 Å². The van der Waals surface area contributed by atoms with E-state index >= 15 is 0 Å². The highest BCUT2D eigenvalue weighted by Gasteiger charge is 2.41. The van der Waals surface area contributed by atoms with Crippen LogP contribution in [0.25, 0.3) is 6.08 Å². The molecule has 0 bridgehead atoms. The van der Waals surface area contributed by atoms with E-state index in [1.165, 1.54) is 9.80 Å². The fourth-order valence-electron chi connectivity index (χ4n) is 3.15. The quantitative estimate of drug-likeness (QED) is 0.382. The van der Waals surface area contributed by atoms with Gasteiger partial charge in [0.25, 0.3) is 11.8 Å². The monoisotopic (exact) mass is 402 g/mol. The number of aryl methyl sites for hydroxylation is 1. The number of carbonyl (C=O) groups excluding carboxylic acids is 2. The molecule has 0 unspecified atom stereocenters. The van der Waals surface area contributed by atoms with Crippen LogP contribution in [0.15, 0.2) is 72.4 Å². The van der Waals surface area contributed by atoms with Crippen LogP contribution in [0.2, 0.25) is 0 Å². The molecule has 1 aliphatic rings. The van der Waals surface area contributed by atoms with Crippen molar-refractivity contribution in [3.63, 3.8) is 0 Å². The van der Waals surface area contributed by atoms with Gasteiger partial charge in [-0.2, -0.15) is 5.10 Å². The van der Waals surface area contributed by atoms with E-state index in [4.69, 9.17) is 12.2 Å². The van der Waals surface area contributed by atoms with Crippen LogP contribution in [-0.4, -0.2) is 26.7 Å². The number of thiocarbonyl (C=S) groups is 1. The maximum absolute atomic E-state index is 13.3. The van der Waals surface area contributed by atoms with Crippen LogP contribution in [-0.2, 0) is 16.6 Å². The molecule has 0 saturated carbocycles. The van der Waals surface area contributed by atoms with E-state index in [-0.39, 0.29) is 10.7 Å². The Kier molecular flexibility index (Phi) is 4.82. The first-order chi connectivity index (χ1) is 14.0. The Morgan fingerprint density at radius 3 is 1.76 bits per heavy atom. The highest BCUT2D eigenvalue weighted by Crippen LogP contribution is 2.29. The molecule has 7 heteroatoms. The van der Waals surface area contributed by atoms with Crippen molar-refractivity contribution >= 4 is 46.6 Å². The average molecular weight is 402 g/mol. The van der Waals surface area contributed by atoms with Gasteiger partial charge in [-0.05, 0) is 49.5 Å². The Bertz CT molecular complexity index is 1070. The van der Waals surface area contributed by atoms with Gasteiger partial charge in [0.2, 0.25) is 0 Å². The van der Waals surface area contributed by atoms with E-state index in [1.54, 1.807) is 41.2 Å². The molecule has 0 spiro atoms. The molecule has 4 rings (SSSR count). The van der Waals surface area contributed by atoms with Gasteiger partial charge in [-0.25, -0.2) is 0 Å². The van der Waals surface area contributed by atoms with E-state index in [0.29, 0.717) is 16.9 Å². The van der Waals surface area contributed by atoms with Crippen molar-refractivity contribution in [1.29, 1.82) is 0 Å². The summed E-state index contributed by atoms with van der Waals surface area (Å²) in [7, 11) is 1.81. The predicted octanol–water partition coefficient (Wildman–Crippen LogP) is 3.48. The number of hydrogen-bond donors (Lipinski definition) is 0. The number of anilines is 2. The lowest BCUT2D eigenvalue weighted by atomic mass is 10.1. The molecule has 2 heterocycles. The lowest BCUT2D eigenvalue weighted by Crippen LogP contribution is -2.56. The van der Waals surface area contributed by atoms with Gasteiger partial charge < -0.3 is 0 Å². The van der Waals surface area contributed by atoms with Crippen LogP contribution < -0.4 is 9.80 Å². The SMILES string of the molecule is Cc1c(C=C2C(=O)N(c3ccccc3)C(=S)N(c3ccccc3)C2=O)cnn1C. The summed E-state index contributed by atoms with van der Waals surface area (Å²) in [6.07, 6.45) is 3.22. The van der Waals surface area contributed by atoms with E-state index in [1.807, 2.05) is 50.4 Å². The number of hydrogen-bond acceptors (Lipinski definition) is 4. The molecule has 3 aromatic rings. The fourth-order valence-corrected chi connectivity index (χ4v) is 3.53. The van der Waals surface area contributed by atoms with Gasteiger partial charge in [0.05, 0.1) is 17.6 Å². The van der Waals surface area contributed by atoms with Crippen LogP contribution >= 0.6 is 12.2 Å². The Morgan fingerprint density at radius 1 is 0.862 bits per heavy atom.